The van der Waals surface area contributed by atoms with Crippen LogP contribution in [0.5, 0.6) is 0 Å². The number of benzene rings is 1. The van der Waals surface area contributed by atoms with Crippen molar-refractivity contribution in [2.24, 2.45) is 5.92 Å². The number of piperidine rings is 3. The van der Waals surface area contributed by atoms with Gasteiger partial charge < -0.3 is 5.32 Å². The number of rotatable bonds is 4. The summed E-state index contributed by atoms with van der Waals surface area (Å²) >= 11 is 7.53. The molecule has 3 saturated heterocycles. The summed E-state index contributed by atoms with van der Waals surface area (Å²) in [4.78, 5) is 21.3. The van der Waals surface area contributed by atoms with Gasteiger partial charge in [-0.15, -0.1) is 0 Å². The van der Waals surface area contributed by atoms with Gasteiger partial charge in [0.15, 0.2) is 0 Å². The lowest BCUT2D eigenvalue weighted by Crippen LogP contribution is -2.62. The Bertz CT molecular complexity index is 788. The lowest BCUT2D eigenvalue weighted by molar-refractivity contribution is 0.0217. The number of nitrogens with zero attached hydrogens (tertiary/aromatic N) is 2. The average molecular weight is 388 g/mol. The van der Waals surface area contributed by atoms with Gasteiger partial charge in [0.1, 0.15) is 5.15 Å². The van der Waals surface area contributed by atoms with Crippen LogP contribution in [0.4, 0.5) is 0 Å². The molecule has 3 aliphatic rings. The molecule has 0 radical (unpaired) electrons. The molecule has 4 nitrogen and oxygen atoms in total. The molecular weight excluding hydrogens is 366 g/mol. The summed E-state index contributed by atoms with van der Waals surface area (Å²) in [5.74, 6) is 0.643. The van der Waals surface area contributed by atoms with Crippen molar-refractivity contribution in [2.45, 2.75) is 41.6 Å². The smallest absolute Gasteiger partial charge is 0.251 e. The number of carbonyl (C=O) groups is 1. The first kappa shape index (κ1) is 17.8. The Hall–Kier alpha value is -1.56. The number of amides is 1. The van der Waals surface area contributed by atoms with Crippen LogP contribution in [0.1, 0.15) is 30.1 Å². The van der Waals surface area contributed by atoms with Gasteiger partial charge in [-0.25, -0.2) is 4.98 Å². The summed E-state index contributed by atoms with van der Waals surface area (Å²) in [6, 6.07) is 12.2. The fourth-order valence-electron chi connectivity index (χ4n) is 4.04. The van der Waals surface area contributed by atoms with Crippen molar-refractivity contribution in [1.82, 2.24) is 15.2 Å². The number of carbonyl (C=O) groups excluding carboxylic acids is 1. The largest absolute Gasteiger partial charge is 0.347 e. The van der Waals surface area contributed by atoms with Gasteiger partial charge in [-0.3, -0.25) is 9.69 Å². The number of nitrogens with one attached hydrogen (secondary N) is 1. The first-order valence-corrected chi connectivity index (χ1v) is 10.2. The summed E-state index contributed by atoms with van der Waals surface area (Å²) in [6.45, 7) is 4.57. The highest BCUT2D eigenvalue weighted by Gasteiger charge is 2.40. The van der Waals surface area contributed by atoms with Crippen LogP contribution >= 0.6 is 23.4 Å². The number of aromatic nitrogens is 1. The van der Waals surface area contributed by atoms with Crippen LogP contribution in [0, 0.1) is 5.92 Å². The van der Waals surface area contributed by atoms with Crippen molar-refractivity contribution < 1.29 is 4.79 Å². The van der Waals surface area contributed by atoms with Crippen LogP contribution in [0.15, 0.2) is 52.4 Å². The molecule has 136 valence electrons. The summed E-state index contributed by atoms with van der Waals surface area (Å²) in [6.07, 6.45) is 4.08. The maximum absolute atomic E-state index is 12.7. The SMILES string of the molecule is C[C@H]1[C@H](NC(=O)c2ccc(Sc3ccnc(Cl)c3)cc2)C2CCN1CC2. The van der Waals surface area contributed by atoms with Gasteiger partial charge in [0.2, 0.25) is 0 Å². The van der Waals surface area contributed by atoms with Gasteiger partial charge in [0.05, 0.1) is 0 Å². The van der Waals surface area contributed by atoms with Gasteiger partial charge >= 0.3 is 0 Å². The minimum atomic E-state index is 0.0269. The second-order valence-electron chi connectivity index (χ2n) is 7.05. The third kappa shape index (κ3) is 3.75. The molecule has 2 atom stereocenters. The molecule has 0 unspecified atom stereocenters. The summed E-state index contributed by atoms with van der Waals surface area (Å²) < 4.78 is 0. The predicted octanol–water partition coefficient (Wildman–Crippen LogP) is 4.10. The number of hydrogen-bond acceptors (Lipinski definition) is 4. The number of fused-ring (bicyclic) bond motifs is 3. The van der Waals surface area contributed by atoms with E-state index >= 15 is 0 Å². The van der Waals surface area contributed by atoms with Crippen LogP contribution in [0.25, 0.3) is 0 Å². The van der Waals surface area contributed by atoms with Crippen LogP contribution in [0.2, 0.25) is 5.15 Å². The molecule has 3 aliphatic heterocycles. The molecule has 3 fully saturated rings. The molecule has 0 saturated carbocycles. The maximum atomic E-state index is 12.7. The molecule has 0 aliphatic carbocycles. The highest BCUT2D eigenvalue weighted by Crippen LogP contribution is 2.32. The van der Waals surface area contributed by atoms with Crippen LogP contribution in [0.3, 0.4) is 0 Å². The lowest BCUT2D eigenvalue weighted by Gasteiger charge is -2.49. The molecule has 2 aromatic rings. The molecule has 1 aromatic heterocycles. The van der Waals surface area contributed by atoms with E-state index in [0.29, 0.717) is 22.7 Å². The summed E-state index contributed by atoms with van der Waals surface area (Å²) in [5.41, 5.74) is 0.714. The molecule has 26 heavy (non-hydrogen) atoms. The zero-order valence-electron chi connectivity index (χ0n) is 14.7. The van der Waals surface area contributed by atoms with Gasteiger partial charge in [0.25, 0.3) is 5.91 Å². The Morgan fingerprint density at radius 1 is 1.19 bits per heavy atom. The Balaban J connectivity index is 1.41. The van der Waals surface area contributed by atoms with E-state index in [1.54, 1.807) is 18.0 Å². The van der Waals surface area contributed by atoms with Crippen molar-refractivity contribution in [2.75, 3.05) is 13.1 Å². The average Bonchev–Trinajstić information content (AvgIpc) is 2.65. The van der Waals surface area contributed by atoms with E-state index in [2.05, 4.69) is 22.1 Å². The van der Waals surface area contributed by atoms with Gasteiger partial charge in [0, 0.05) is 33.6 Å². The standard InChI is InChI=1S/C20H22ClN3OS/c1-13-19(14-7-10-24(13)11-8-14)23-20(25)15-2-4-16(5-3-15)26-17-6-9-22-18(21)12-17/h2-6,9,12-14,19H,7-8,10-11H2,1H3,(H,23,25)/t13-,19-/m0/s1. The molecule has 1 aromatic carbocycles. The van der Waals surface area contributed by atoms with Crippen molar-refractivity contribution in [3.8, 4) is 0 Å². The molecule has 1 amide bonds. The highest BCUT2D eigenvalue weighted by molar-refractivity contribution is 7.99. The topological polar surface area (TPSA) is 45.2 Å². The molecule has 0 spiro atoms. The van der Waals surface area contributed by atoms with Gasteiger partial charge in [-0.2, -0.15) is 0 Å². The molecule has 6 heteroatoms. The van der Waals surface area contributed by atoms with Gasteiger partial charge in [-0.1, -0.05) is 23.4 Å². The first-order chi connectivity index (χ1) is 12.6. The Morgan fingerprint density at radius 3 is 2.58 bits per heavy atom. The first-order valence-electron chi connectivity index (χ1n) is 9.04. The second-order valence-corrected chi connectivity index (χ2v) is 8.59. The van der Waals surface area contributed by atoms with E-state index in [-0.39, 0.29) is 11.9 Å². The van der Waals surface area contributed by atoms with Crippen molar-refractivity contribution >= 4 is 29.3 Å². The zero-order chi connectivity index (χ0) is 18.1. The quantitative estimate of drug-likeness (QED) is 0.802. The third-order valence-electron chi connectivity index (χ3n) is 5.53. The van der Waals surface area contributed by atoms with Crippen LogP contribution < -0.4 is 5.32 Å². The minimum Gasteiger partial charge on any atom is -0.347 e. The van der Waals surface area contributed by atoms with Crippen molar-refractivity contribution in [1.29, 1.82) is 0 Å². The van der Waals surface area contributed by atoms with Gasteiger partial charge in [-0.05, 0) is 75.2 Å². The molecule has 4 heterocycles. The molecule has 5 rings (SSSR count). The Morgan fingerprint density at radius 2 is 1.92 bits per heavy atom. The van der Waals surface area contributed by atoms with Crippen molar-refractivity contribution in [3.05, 3.63) is 53.3 Å². The number of hydrogen-bond donors (Lipinski definition) is 1. The zero-order valence-corrected chi connectivity index (χ0v) is 16.3. The Kier molecular flexibility index (Phi) is 5.20. The van der Waals surface area contributed by atoms with E-state index in [1.165, 1.54) is 25.9 Å². The summed E-state index contributed by atoms with van der Waals surface area (Å²) in [7, 11) is 0. The maximum Gasteiger partial charge on any atom is 0.251 e. The number of halogens is 1. The monoisotopic (exact) mass is 387 g/mol. The fourth-order valence-corrected chi connectivity index (χ4v) is 5.12. The molecular formula is C20H22ClN3OS. The lowest BCUT2D eigenvalue weighted by atomic mass is 9.79. The number of pyridine rings is 1. The Labute approximate surface area is 163 Å². The van der Waals surface area contributed by atoms with Crippen LogP contribution in [-0.4, -0.2) is 41.0 Å². The van der Waals surface area contributed by atoms with E-state index < -0.39 is 0 Å². The van der Waals surface area contributed by atoms with E-state index in [4.69, 9.17) is 11.6 Å². The van der Waals surface area contributed by atoms with E-state index in [1.807, 2.05) is 36.4 Å². The minimum absolute atomic E-state index is 0.0269. The molecule has 1 N–H and O–H groups in total. The fraction of sp³-hybridized carbons (Fsp3) is 0.400. The van der Waals surface area contributed by atoms with Crippen molar-refractivity contribution in [3.63, 3.8) is 0 Å². The van der Waals surface area contributed by atoms with E-state index in [9.17, 15) is 4.79 Å². The third-order valence-corrected chi connectivity index (χ3v) is 6.73. The second kappa shape index (κ2) is 7.59. The normalized spacial score (nSPS) is 27.3. The summed E-state index contributed by atoms with van der Waals surface area (Å²) in [5, 5.41) is 3.76. The van der Waals surface area contributed by atoms with Crippen LogP contribution in [-0.2, 0) is 0 Å². The predicted molar refractivity (Wildman–Crippen MR) is 105 cm³/mol. The molecule has 2 bridgehead atoms. The highest BCUT2D eigenvalue weighted by atomic mass is 35.5. The van der Waals surface area contributed by atoms with E-state index in [0.717, 1.165) is 9.79 Å².